The van der Waals surface area contributed by atoms with E-state index in [2.05, 4.69) is 20.6 Å². The number of hydrogen-bond donors (Lipinski definition) is 2. The van der Waals surface area contributed by atoms with Crippen LogP contribution in [0.25, 0.3) is 22.5 Å². The Kier molecular flexibility index (Phi) is 8.18. The predicted molar refractivity (Wildman–Crippen MR) is 137 cm³/mol. The number of aromatic amines is 1. The Balaban J connectivity index is 1.60. The van der Waals surface area contributed by atoms with E-state index in [-0.39, 0.29) is 18.9 Å². The Labute approximate surface area is 210 Å². The molecule has 8 heteroatoms. The van der Waals surface area contributed by atoms with Gasteiger partial charge in [-0.2, -0.15) is 5.21 Å². The van der Waals surface area contributed by atoms with Crippen molar-refractivity contribution >= 4 is 11.9 Å². The second-order valence-corrected chi connectivity index (χ2v) is 8.65. The summed E-state index contributed by atoms with van der Waals surface area (Å²) in [6.45, 7) is 2.24. The molecule has 4 rings (SSSR count). The van der Waals surface area contributed by atoms with E-state index in [1.807, 2.05) is 85.8 Å². The number of tetrazole rings is 1. The lowest BCUT2D eigenvalue weighted by Gasteiger charge is -2.29. The predicted octanol–water partition coefficient (Wildman–Crippen LogP) is 4.75. The molecule has 3 aromatic carbocycles. The van der Waals surface area contributed by atoms with Crippen LogP contribution in [0.5, 0.6) is 0 Å². The Morgan fingerprint density at radius 1 is 0.917 bits per heavy atom. The van der Waals surface area contributed by atoms with E-state index in [1.165, 1.54) is 4.90 Å². The SMILES string of the molecule is CCCCC(=O)N(Cc1ccc(-c2ccccc2-c2nn[nH]n2)cc1)C(Cc1ccccc1)C(=O)O. The molecule has 1 unspecified atom stereocenters. The fraction of sp³-hybridized carbons (Fsp3) is 0.250. The normalized spacial score (nSPS) is 11.7. The second kappa shape index (κ2) is 11.9. The minimum absolute atomic E-state index is 0.147. The number of carbonyl (C=O) groups is 2. The molecule has 0 aliphatic heterocycles. The Morgan fingerprint density at radius 3 is 2.25 bits per heavy atom. The van der Waals surface area contributed by atoms with Crippen molar-refractivity contribution in [3.63, 3.8) is 0 Å². The van der Waals surface area contributed by atoms with Gasteiger partial charge in [-0.3, -0.25) is 4.79 Å². The molecule has 0 saturated carbocycles. The molecule has 8 nitrogen and oxygen atoms in total. The fourth-order valence-corrected chi connectivity index (χ4v) is 4.20. The molecule has 1 heterocycles. The molecule has 1 aromatic heterocycles. The van der Waals surface area contributed by atoms with Crippen molar-refractivity contribution in [1.82, 2.24) is 25.5 Å². The topological polar surface area (TPSA) is 112 Å². The van der Waals surface area contributed by atoms with E-state index >= 15 is 0 Å². The molecule has 4 aromatic rings. The molecular weight excluding hydrogens is 454 g/mol. The van der Waals surface area contributed by atoms with Gasteiger partial charge >= 0.3 is 5.97 Å². The van der Waals surface area contributed by atoms with Gasteiger partial charge in [0.05, 0.1) is 0 Å². The molecule has 1 atom stereocenters. The number of hydrogen-bond acceptors (Lipinski definition) is 5. The second-order valence-electron chi connectivity index (χ2n) is 8.65. The van der Waals surface area contributed by atoms with Gasteiger partial charge in [0.1, 0.15) is 6.04 Å². The molecule has 0 aliphatic rings. The number of H-pyrrole nitrogens is 1. The first-order chi connectivity index (χ1) is 17.6. The van der Waals surface area contributed by atoms with Crippen LogP contribution in [0.2, 0.25) is 0 Å². The summed E-state index contributed by atoms with van der Waals surface area (Å²) < 4.78 is 0. The number of carboxylic acids is 1. The lowest BCUT2D eigenvalue weighted by atomic mass is 9.98. The Hall–Kier alpha value is -4.33. The van der Waals surface area contributed by atoms with Crippen molar-refractivity contribution in [3.8, 4) is 22.5 Å². The zero-order valence-electron chi connectivity index (χ0n) is 20.2. The third-order valence-electron chi connectivity index (χ3n) is 6.13. The highest BCUT2D eigenvalue weighted by Crippen LogP contribution is 2.30. The zero-order chi connectivity index (χ0) is 25.3. The number of unbranched alkanes of at least 4 members (excludes halogenated alkanes) is 1. The highest BCUT2D eigenvalue weighted by molar-refractivity contribution is 5.84. The van der Waals surface area contributed by atoms with Gasteiger partial charge in [0.2, 0.25) is 11.7 Å². The van der Waals surface area contributed by atoms with Crippen LogP contribution in [-0.4, -0.2) is 48.5 Å². The van der Waals surface area contributed by atoms with Gasteiger partial charge in [-0.15, -0.1) is 10.2 Å². The van der Waals surface area contributed by atoms with Gasteiger partial charge in [-0.25, -0.2) is 4.79 Å². The van der Waals surface area contributed by atoms with Crippen molar-refractivity contribution in [2.24, 2.45) is 0 Å². The number of rotatable bonds is 11. The molecule has 184 valence electrons. The van der Waals surface area contributed by atoms with Gasteiger partial charge in [0, 0.05) is 24.9 Å². The van der Waals surface area contributed by atoms with Crippen LogP contribution in [0.4, 0.5) is 0 Å². The van der Waals surface area contributed by atoms with E-state index in [1.54, 1.807) is 0 Å². The molecule has 0 bridgehead atoms. The lowest BCUT2D eigenvalue weighted by molar-refractivity contribution is -0.150. The number of benzene rings is 3. The van der Waals surface area contributed by atoms with Crippen LogP contribution < -0.4 is 0 Å². The molecular formula is C28H29N5O3. The molecule has 1 amide bonds. The van der Waals surface area contributed by atoms with E-state index < -0.39 is 12.0 Å². The smallest absolute Gasteiger partial charge is 0.326 e. The van der Waals surface area contributed by atoms with Crippen molar-refractivity contribution in [3.05, 3.63) is 90.0 Å². The van der Waals surface area contributed by atoms with Crippen molar-refractivity contribution < 1.29 is 14.7 Å². The summed E-state index contributed by atoms with van der Waals surface area (Å²) in [4.78, 5) is 26.9. The maximum Gasteiger partial charge on any atom is 0.326 e. The summed E-state index contributed by atoms with van der Waals surface area (Å²) in [6, 6.07) is 24.1. The Morgan fingerprint density at radius 2 is 1.61 bits per heavy atom. The minimum atomic E-state index is -1.01. The summed E-state index contributed by atoms with van der Waals surface area (Å²) in [6.07, 6.45) is 2.17. The van der Waals surface area contributed by atoms with E-state index in [9.17, 15) is 14.7 Å². The molecule has 2 N–H and O–H groups in total. The van der Waals surface area contributed by atoms with Crippen molar-refractivity contribution in [2.75, 3.05) is 0 Å². The molecule has 36 heavy (non-hydrogen) atoms. The number of carbonyl (C=O) groups excluding carboxylic acids is 1. The zero-order valence-corrected chi connectivity index (χ0v) is 20.2. The van der Waals surface area contributed by atoms with Gasteiger partial charge in [-0.1, -0.05) is 92.2 Å². The number of nitrogens with one attached hydrogen (secondary N) is 1. The minimum Gasteiger partial charge on any atom is -0.480 e. The molecule has 0 saturated heterocycles. The van der Waals surface area contributed by atoms with Crippen LogP contribution >= 0.6 is 0 Å². The third-order valence-corrected chi connectivity index (χ3v) is 6.13. The Bertz CT molecular complexity index is 1270. The highest BCUT2D eigenvalue weighted by atomic mass is 16.4. The molecule has 0 spiro atoms. The first-order valence-corrected chi connectivity index (χ1v) is 12.0. The van der Waals surface area contributed by atoms with Crippen LogP contribution in [0, 0.1) is 0 Å². The first-order valence-electron chi connectivity index (χ1n) is 12.0. The maximum absolute atomic E-state index is 13.1. The number of amides is 1. The summed E-state index contributed by atoms with van der Waals surface area (Å²) >= 11 is 0. The van der Waals surface area contributed by atoms with E-state index in [4.69, 9.17) is 0 Å². The summed E-state index contributed by atoms with van der Waals surface area (Å²) in [7, 11) is 0. The molecule has 0 aliphatic carbocycles. The van der Waals surface area contributed by atoms with Crippen LogP contribution in [0.1, 0.15) is 37.3 Å². The number of nitrogens with zero attached hydrogens (tertiary/aromatic N) is 4. The van der Waals surface area contributed by atoms with Gasteiger partial charge in [0.15, 0.2) is 0 Å². The first kappa shape index (κ1) is 24.8. The maximum atomic E-state index is 13.1. The largest absolute Gasteiger partial charge is 0.480 e. The van der Waals surface area contributed by atoms with Gasteiger partial charge in [-0.05, 0) is 33.9 Å². The van der Waals surface area contributed by atoms with Crippen molar-refractivity contribution in [1.29, 1.82) is 0 Å². The number of aromatic nitrogens is 4. The summed E-state index contributed by atoms with van der Waals surface area (Å²) in [5, 5.41) is 24.4. The van der Waals surface area contributed by atoms with E-state index in [0.717, 1.165) is 40.7 Å². The number of aliphatic carboxylic acids is 1. The fourth-order valence-electron chi connectivity index (χ4n) is 4.20. The van der Waals surface area contributed by atoms with Crippen LogP contribution in [-0.2, 0) is 22.6 Å². The highest BCUT2D eigenvalue weighted by Gasteiger charge is 2.29. The van der Waals surface area contributed by atoms with Gasteiger partial charge in [0.25, 0.3) is 0 Å². The molecule has 0 fully saturated rings. The van der Waals surface area contributed by atoms with Crippen LogP contribution in [0.3, 0.4) is 0 Å². The number of carboxylic acid groups (broad SMARTS) is 1. The van der Waals surface area contributed by atoms with Crippen LogP contribution in [0.15, 0.2) is 78.9 Å². The summed E-state index contributed by atoms with van der Waals surface area (Å²) in [5.74, 6) is -0.645. The lowest BCUT2D eigenvalue weighted by Crippen LogP contribution is -2.46. The quantitative estimate of drug-likeness (QED) is 0.318. The van der Waals surface area contributed by atoms with Gasteiger partial charge < -0.3 is 10.0 Å². The van der Waals surface area contributed by atoms with E-state index in [0.29, 0.717) is 12.2 Å². The third kappa shape index (κ3) is 6.02. The molecule has 0 radical (unpaired) electrons. The van der Waals surface area contributed by atoms with Crippen molar-refractivity contribution in [2.45, 2.75) is 45.2 Å². The average Bonchev–Trinajstić information content (AvgIpc) is 3.45. The standard InChI is InChI=1S/C28H29N5O3/c1-2-3-13-26(34)33(25(28(35)36)18-20-9-5-4-6-10-20)19-21-14-16-22(17-15-21)23-11-7-8-12-24(23)27-29-31-32-30-27/h4-12,14-17,25H,2-3,13,18-19H2,1H3,(H,35,36)(H,29,30,31,32). The average molecular weight is 484 g/mol. The summed E-state index contributed by atoms with van der Waals surface area (Å²) in [5.41, 5.74) is 4.51. The monoisotopic (exact) mass is 483 g/mol.